The van der Waals surface area contributed by atoms with Crippen LogP contribution < -0.4 is 10.1 Å². The van der Waals surface area contributed by atoms with Gasteiger partial charge in [-0.1, -0.05) is 12.1 Å². The summed E-state index contributed by atoms with van der Waals surface area (Å²) >= 11 is 2.85. The lowest BCUT2D eigenvalue weighted by Gasteiger charge is -2.15. The molecule has 8 heteroatoms. The summed E-state index contributed by atoms with van der Waals surface area (Å²) in [4.78, 5) is 33.7. The topological polar surface area (TPSA) is 71.5 Å². The Kier molecular flexibility index (Phi) is 7.12. The van der Waals surface area contributed by atoms with Gasteiger partial charge in [0.15, 0.2) is 5.13 Å². The van der Waals surface area contributed by atoms with E-state index in [1.54, 1.807) is 13.2 Å². The molecule has 166 valence electrons. The van der Waals surface area contributed by atoms with E-state index in [-0.39, 0.29) is 11.8 Å². The normalized spacial score (nSPS) is 13.2. The van der Waals surface area contributed by atoms with E-state index in [1.807, 2.05) is 54.3 Å². The standard InChI is InChI=1S/C24H25N3O3S2/c1-16-22(17-9-11-18(30-2)12-10-17)25-24(32-16)26-23(29)19-7-3-4-8-20(19)31-15-21(28)27-13-5-6-14-27/h3-4,7-12H,5-6,13-15H2,1-2H3,(H,25,26,29). The highest BCUT2D eigenvalue weighted by Crippen LogP contribution is 2.32. The first-order valence-corrected chi connectivity index (χ1v) is 12.3. The van der Waals surface area contributed by atoms with Gasteiger partial charge in [0.1, 0.15) is 5.75 Å². The second-order valence-corrected chi connectivity index (χ2v) is 9.70. The van der Waals surface area contributed by atoms with Crippen molar-refractivity contribution in [2.24, 2.45) is 0 Å². The third-order valence-electron chi connectivity index (χ3n) is 5.32. The first kappa shape index (κ1) is 22.4. The van der Waals surface area contributed by atoms with Gasteiger partial charge < -0.3 is 9.64 Å². The summed E-state index contributed by atoms with van der Waals surface area (Å²) in [5.41, 5.74) is 2.36. The first-order chi connectivity index (χ1) is 15.5. The number of hydrogen-bond donors (Lipinski definition) is 1. The van der Waals surface area contributed by atoms with Crippen LogP contribution in [0.3, 0.4) is 0 Å². The highest BCUT2D eigenvalue weighted by Gasteiger charge is 2.20. The Morgan fingerprint density at radius 1 is 1.12 bits per heavy atom. The Labute approximate surface area is 196 Å². The maximum Gasteiger partial charge on any atom is 0.258 e. The molecule has 2 amide bonds. The van der Waals surface area contributed by atoms with Crippen molar-refractivity contribution in [1.29, 1.82) is 0 Å². The van der Waals surface area contributed by atoms with E-state index in [1.165, 1.54) is 23.1 Å². The number of benzene rings is 2. The molecule has 6 nitrogen and oxygen atoms in total. The summed E-state index contributed by atoms with van der Waals surface area (Å²) in [7, 11) is 1.63. The van der Waals surface area contributed by atoms with E-state index in [2.05, 4.69) is 10.3 Å². The quantitative estimate of drug-likeness (QED) is 0.490. The lowest BCUT2D eigenvalue weighted by molar-refractivity contribution is -0.127. The molecule has 1 aliphatic rings. The van der Waals surface area contributed by atoms with E-state index in [0.29, 0.717) is 16.4 Å². The molecule has 1 aliphatic heterocycles. The number of carbonyl (C=O) groups excluding carboxylic acids is 2. The van der Waals surface area contributed by atoms with Crippen LogP contribution in [0.5, 0.6) is 5.75 Å². The average Bonchev–Trinajstić information content (AvgIpc) is 3.48. The van der Waals surface area contributed by atoms with Crippen LogP contribution in [0, 0.1) is 6.92 Å². The monoisotopic (exact) mass is 467 g/mol. The number of hydrogen-bond acceptors (Lipinski definition) is 6. The molecule has 32 heavy (non-hydrogen) atoms. The van der Waals surface area contributed by atoms with Crippen LogP contribution in [-0.4, -0.2) is 47.7 Å². The summed E-state index contributed by atoms with van der Waals surface area (Å²) < 4.78 is 5.22. The molecule has 2 heterocycles. The predicted molar refractivity (Wildman–Crippen MR) is 130 cm³/mol. The maximum absolute atomic E-state index is 13.0. The van der Waals surface area contributed by atoms with E-state index in [9.17, 15) is 9.59 Å². The van der Waals surface area contributed by atoms with Gasteiger partial charge in [-0.2, -0.15) is 0 Å². The molecule has 0 aliphatic carbocycles. The fourth-order valence-electron chi connectivity index (χ4n) is 3.61. The molecule has 1 N–H and O–H groups in total. The molecule has 1 fully saturated rings. The second-order valence-electron chi connectivity index (χ2n) is 7.48. The zero-order chi connectivity index (χ0) is 22.5. The molecule has 0 unspecified atom stereocenters. The number of nitrogens with zero attached hydrogens (tertiary/aromatic N) is 2. The summed E-state index contributed by atoms with van der Waals surface area (Å²) in [6.45, 7) is 3.66. The molecular weight excluding hydrogens is 442 g/mol. The van der Waals surface area contributed by atoms with Gasteiger partial charge in [-0.3, -0.25) is 14.9 Å². The van der Waals surface area contributed by atoms with Crippen LogP contribution in [0.1, 0.15) is 28.1 Å². The molecule has 1 saturated heterocycles. The van der Waals surface area contributed by atoms with Gasteiger partial charge in [0.2, 0.25) is 5.91 Å². The summed E-state index contributed by atoms with van der Waals surface area (Å²) in [6.07, 6.45) is 2.14. The largest absolute Gasteiger partial charge is 0.497 e. The minimum absolute atomic E-state index is 0.127. The molecule has 0 saturated carbocycles. The number of amides is 2. The number of ether oxygens (including phenoxy) is 1. The molecule has 4 rings (SSSR count). The zero-order valence-electron chi connectivity index (χ0n) is 18.1. The van der Waals surface area contributed by atoms with Crippen molar-refractivity contribution in [3.63, 3.8) is 0 Å². The Balaban J connectivity index is 1.45. The highest BCUT2D eigenvalue weighted by molar-refractivity contribution is 8.00. The van der Waals surface area contributed by atoms with Crippen molar-refractivity contribution >= 4 is 40.0 Å². The third kappa shape index (κ3) is 5.14. The van der Waals surface area contributed by atoms with Gasteiger partial charge in [0.05, 0.1) is 24.1 Å². The highest BCUT2D eigenvalue weighted by atomic mass is 32.2. The van der Waals surface area contributed by atoms with Gasteiger partial charge in [-0.05, 0) is 56.2 Å². The van der Waals surface area contributed by atoms with E-state index < -0.39 is 0 Å². The lowest BCUT2D eigenvalue weighted by atomic mass is 10.1. The molecule has 3 aromatic rings. The van der Waals surface area contributed by atoms with Crippen LogP contribution in [0.2, 0.25) is 0 Å². The van der Waals surface area contributed by atoms with Crippen molar-refractivity contribution in [2.75, 3.05) is 31.3 Å². The Bertz CT molecular complexity index is 1110. The first-order valence-electron chi connectivity index (χ1n) is 10.5. The molecule has 0 atom stereocenters. The number of rotatable bonds is 7. The second kappa shape index (κ2) is 10.2. The predicted octanol–water partition coefficient (Wildman–Crippen LogP) is 5.09. The molecule has 0 radical (unpaired) electrons. The number of anilines is 1. The van der Waals surface area contributed by atoms with Crippen LogP contribution in [0.15, 0.2) is 53.4 Å². The van der Waals surface area contributed by atoms with Crippen molar-refractivity contribution in [3.05, 3.63) is 59.0 Å². The van der Waals surface area contributed by atoms with Gasteiger partial charge in [-0.15, -0.1) is 23.1 Å². The minimum Gasteiger partial charge on any atom is -0.497 e. The van der Waals surface area contributed by atoms with Gasteiger partial charge in [0.25, 0.3) is 5.91 Å². The van der Waals surface area contributed by atoms with E-state index >= 15 is 0 Å². The number of methoxy groups -OCH3 is 1. The maximum atomic E-state index is 13.0. The third-order valence-corrected chi connectivity index (χ3v) is 7.27. The number of nitrogens with one attached hydrogen (secondary N) is 1. The number of likely N-dealkylation sites (tertiary alicyclic amines) is 1. The average molecular weight is 468 g/mol. The zero-order valence-corrected chi connectivity index (χ0v) is 19.7. The Hall–Kier alpha value is -2.84. The van der Waals surface area contributed by atoms with Crippen LogP contribution in [-0.2, 0) is 4.79 Å². The Morgan fingerprint density at radius 3 is 2.56 bits per heavy atom. The number of carbonyl (C=O) groups is 2. The molecular formula is C24H25N3O3S2. The van der Waals surface area contributed by atoms with E-state index in [0.717, 1.165) is 52.7 Å². The number of aryl methyl sites for hydroxylation is 1. The summed E-state index contributed by atoms with van der Waals surface area (Å²) in [6, 6.07) is 15.1. The number of thioether (sulfide) groups is 1. The van der Waals surface area contributed by atoms with Crippen molar-refractivity contribution in [1.82, 2.24) is 9.88 Å². The molecule has 0 spiro atoms. The fourth-order valence-corrected chi connectivity index (χ4v) is 5.39. The van der Waals surface area contributed by atoms with Gasteiger partial charge in [-0.25, -0.2) is 4.98 Å². The van der Waals surface area contributed by atoms with Crippen molar-refractivity contribution in [3.8, 4) is 17.0 Å². The van der Waals surface area contributed by atoms with Crippen LogP contribution in [0.4, 0.5) is 5.13 Å². The Morgan fingerprint density at radius 2 is 1.84 bits per heavy atom. The number of thiazole rings is 1. The summed E-state index contributed by atoms with van der Waals surface area (Å²) in [5.74, 6) is 1.02. The number of aromatic nitrogens is 1. The smallest absolute Gasteiger partial charge is 0.258 e. The summed E-state index contributed by atoms with van der Waals surface area (Å²) in [5, 5.41) is 3.48. The minimum atomic E-state index is -0.225. The molecule has 0 bridgehead atoms. The van der Waals surface area contributed by atoms with E-state index in [4.69, 9.17) is 4.74 Å². The SMILES string of the molecule is COc1ccc(-c2nc(NC(=O)c3ccccc3SCC(=O)N3CCCC3)sc2C)cc1. The van der Waals surface area contributed by atoms with Gasteiger partial charge >= 0.3 is 0 Å². The van der Waals surface area contributed by atoms with Gasteiger partial charge in [0, 0.05) is 28.4 Å². The van der Waals surface area contributed by atoms with Crippen molar-refractivity contribution < 1.29 is 14.3 Å². The van der Waals surface area contributed by atoms with Crippen LogP contribution >= 0.6 is 23.1 Å². The lowest BCUT2D eigenvalue weighted by Crippen LogP contribution is -2.29. The fraction of sp³-hybridized carbons (Fsp3) is 0.292. The van der Waals surface area contributed by atoms with Crippen LogP contribution in [0.25, 0.3) is 11.3 Å². The van der Waals surface area contributed by atoms with Crippen molar-refractivity contribution in [2.45, 2.75) is 24.7 Å². The molecule has 2 aromatic carbocycles. The molecule has 1 aromatic heterocycles.